The molecule has 1 amide bonds. The molecule has 25 heavy (non-hydrogen) atoms. The van der Waals surface area contributed by atoms with Crippen LogP contribution >= 0.6 is 0 Å². The van der Waals surface area contributed by atoms with Crippen molar-refractivity contribution >= 4 is 15.9 Å². The number of amides is 1. The Labute approximate surface area is 149 Å². The largest absolute Gasteiger partial charge is 0.368 e. The maximum absolute atomic E-state index is 12.9. The van der Waals surface area contributed by atoms with Crippen molar-refractivity contribution in [2.75, 3.05) is 46.4 Å². The fourth-order valence-electron chi connectivity index (χ4n) is 3.50. The van der Waals surface area contributed by atoms with Crippen molar-refractivity contribution in [2.24, 2.45) is 0 Å². The molecule has 2 fully saturated rings. The first-order chi connectivity index (χ1) is 12.0. The molecule has 0 aromatic heterocycles. The topological polar surface area (TPSA) is 79.0 Å². The Kier molecular flexibility index (Phi) is 5.43. The van der Waals surface area contributed by atoms with Gasteiger partial charge in [-0.05, 0) is 38.1 Å². The lowest BCUT2D eigenvalue weighted by Gasteiger charge is -2.41. The summed E-state index contributed by atoms with van der Waals surface area (Å²) in [5, 5.41) is 3.24. The molecule has 0 radical (unpaired) electrons. The first-order valence-electron chi connectivity index (χ1n) is 8.60. The minimum Gasteiger partial charge on any atom is -0.368 e. The molecule has 2 aliphatic rings. The Hall–Kier alpha value is -1.48. The molecule has 2 aliphatic heterocycles. The van der Waals surface area contributed by atoms with Crippen LogP contribution in [0.15, 0.2) is 35.2 Å². The summed E-state index contributed by atoms with van der Waals surface area (Å²) < 4.78 is 32.4. The minimum atomic E-state index is -3.50. The third-order valence-electron chi connectivity index (χ3n) is 5.10. The van der Waals surface area contributed by atoms with Crippen LogP contribution in [0.5, 0.6) is 0 Å². The predicted molar refractivity (Wildman–Crippen MR) is 93.6 cm³/mol. The quantitative estimate of drug-likeness (QED) is 0.827. The molecule has 3 rings (SSSR count). The molecular weight excluding hydrogens is 342 g/mol. The summed E-state index contributed by atoms with van der Waals surface area (Å²) in [5.41, 5.74) is -0.772. The molecule has 2 saturated heterocycles. The number of ether oxygens (including phenoxy) is 1. The smallest absolute Gasteiger partial charge is 0.254 e. The second-order valence-corrected chi connectivity index (χ2v) is 8.40. The van der Waals surface area contributed by atoms with Crippen LogP contribution in [-0.2, 0) is 19.6 Å². The van der Waals surface area contributed by atoms with E-state index in [4.69, 9.17) is 4.74 Å². The van der Waals surface area contributed by atoms with E-state index in [-0.39, 0.29) is 5.91 Å². The number of carbonyl (C=O) groups excluding carboxylic acids is 1. The number of rotatable bonds is 4. The zero-order valence-electron chi connectivity index (χ0n) is 14.5. The number of methoxy groups -OCH3 is 1. The Balaban J connectivity index is 1.66. The van der Waals surface area contributed by atoms with E-state index >= 15 is 0 Å². The first kappa shape index (κ1) is 18.3. The van der Waals surface area contributed by atoms with Gasteiger partial charge in [-0.15, -0.1) is 0 Å². The van der Waals surface area contributed by atoms with Crippen LogP contribution in [0.3, 0.4) is 0 Å². The lowest BCUT2D eigenvalue weighted by molar-refractivity contribution is -0.159. The number of nitrogens with one attached hydrogen (secondary N) is 1. The molecule has 0 saturated carbocycles. The standard InChI is InChI=1S/C17H25N3O4S/c1-24-17(7-9-18-10-8-17)16(21)19-11-13-20(14-12-19)25(22,23)15-5-3-2-4-6-15/h2-6,18H,7-14H2,1H3. The number of hydrogen-bond donors (Lipinski definition) is 1. The van der Waals surface area contributed by atoms with Crippen molar-refractivity contribution in [1.82, 2.24) is 14.5 Å². The van der Waals surface area contributed by atoms with E-state index in [0.717, 1.165) is 13.1 Å². The summed E-state index contributed by atoms with van der Waals surface area (Å²) in [7, 11) is -1.92. The van der Waals surface area contributed by atoms with Crippen molar-refractivity contribution in [1.29, 1.82) is 0 Å². The van der Waals surface area contributed by atoms with E-state index < -0.39 is 15.6 Å². The molecule has 1 N–H and O–H groups in total. The highest BCUT2D eigenvalue weighted by Crippen LogP contribution is 2.26. The first-order valence-corrected chi connectivity index (χ1v) is 10.0. The molecule has 0 bridgehead atoms. The maximum Gasteiger partial charge on any atom is 0.254 e. The number of piperidine rings is 1. The second-order valence-electron chi connectivity index (χ2n) is 6.46. The molecule has 1 aromatic carbocycles. The summed E-state index contributed by atoms with van der Waals surface area (Å²) in [6.07, 6.45) is 1.29. The Morgan fingerprint density at radius 1 is 1.08 bits per heavy atom. The molecule has 8 heteroatoms. The van der Waals surface area contributed by atoms with Crippen LogP contribution in [0.25, 0.3) is 0 Å². The zero-order valence-corrected chi connectivity index (χ0v) is 15.3. The summed E-state index contributed by atoms with van der Waals surface area (Å²) in [6.45, 7) is 2.90. The summed E-state index contributed by atoms with van der Waals surface area (Å²) in [4.78, 5) is 15.0. The molecule has 0 atom stereocenters. The Bertz CT molecular complexity index is 694. The van der Waals surface area contributed by atoms with Gasteiger partial charge in [-0.25, -0.2) is 8.42 Å². The van der Waals surface area contributed by atoms with Gasteiger partial charge in [0.15, 0.2) is 0 Å². The van der Waals surface area contributed by atoms with Crippen molar-refractivity contribution in [2.45, 2.75) is 23.3 Å². The average Bonchev–Trinajstić information content (AvgIpc) is 2.68. The Morgan fingerprint density at radius 2 is 1.68 bits per heavy atom. The molecule has 2 heterocycles. The van der Waals surface area contributed by atoms with Gasteiger partial charge < -0.3 is 15.0 Å². The van der Waals surface area contributed by atoms with Gasteiger partial charge in [-0.3, -0.25) is 4.79 Å². The van der Waals surface area contributed by atoms with Gasteiger partial charge in [0.1, 0.15) is 5.60 Å². The molecule has 0 spiro atoms. The fraction of sp³-hybridized carbons (Fsp3) is 0.588. The molecular formula is C17H25N3O4S. The fourth-order valence-corrected chi connectivity index (χ4v) is 4.94. The third-order valence-corrected chi connectivity index (χ3v) is 7.01. The number of piperazine rings is 1. The van der Waals surface area contributed by atoms with Gasteiger partial charge in [0.2, 0.25) is 10.0 Å². The van der Waals surface area contributed by atoms with E-state index in [1.165, 1.54) is 4.31 Å². The maximum atomic E-state index is 12.9. The van der Waals surface area contributed by atoms with Gasteiger partial charge in [0.25, 0.3) is 5.91 Å². The molecule has 0 aliphatic carbocycles. The SMILES string of the molecule is COC1(C(=O)N2CCN(S(=O)(=O)c3ccccc3)CC2)CCNCC1. The van der Waals surface area contributed by atoms with Gasteiger partial charge >= 0.3 is 0 Å². The highest BCUT2D eigenvalue weighted by Gasteiger charge is 2.43. The van der Waals surface area contributed by atoms with E-state index in [1.54, 1.807) is 42.3 Å². The van der Waals surface area contributed by atoms with Gasteiger partial charge in [-0.2, -0.15) is 4.31 Å². The third kappa shape index (κ3) is 3.57. The Morgan fingerprint density at radius 3 is 2.24 bits per heavy atom. The van der Waals surface area contributed by atoms with Crippen LogP contribution in [0.2, 0.25) is 0 Å². The van der Waals surface area contributed by atoms with Crippen LogP contribution in [-0.4, -0.2) is 75.5 Å². The zero-order chi connectivity index (χ0) is 17.9. The highest BCUT2D eigenvalue weighted by molar-refractivity contribution is 7.89. The lowest BCUT2D eigenvalue weighted by atomic mass is 9.90. The van der Waals surface area contributed by atoms with Gasteiger partial charge in [-0.1, -0.05) is 18.2 Å². The number of sulfonamides is 1. The van der Waals surface area contributed by atoms with Crippen LogP contribution < -0.4 is 5.32 Å². The van der Waals surface area contributed by atoms with Crippen molar-refractivity contribution in [3.05, 3.63) is 30.3 Å². The summed E-state index contributed by atoms with van der Waals surface area (Å²) in [6, 6.07) is 8.42. The van der Waals surface area contributed by atoms with Crippen LogP contribution in [0.4, 0.5) is 0 Å². The number of benzene rings is 1. The molecule has 1 aromatic rings. The summed E-state index contributed by atoms with van der Waals surface area (Å²) >= 11 is 0. The lowest BCUT2D eigenvalue weighted by Crippen LogP contribution is -2.59. The average molecular weight is 367 g/mol. The second kappa shape index (κ2) is 7.41. The normalized spacial score (nSPS) is 21.9. The van der Waals surface area contributed by atoms with Crippen LogP contribution in [0.1, 0.15) is 12.8 Å². The van der Waals surface area contributed by atoms with E-state index in [2.05, 4.69) is 5.32 Å². The van der Waals surface area contributed by atoms with Gasteiger partial charge in [0.05, 0.1) is 4.90 Å². The highest BCUT2D eigenvalue weighted by atomic mass is 32.2. The number of carbonyl (C=O) groups is 1. The van der Waals surface area contributed by atoms with E-state index in [1.807, 2.05) is 0 Å². The van der Waals surface area contributed by atoms with E-state index in [9.17, 15) is 13.2 Å². The molecule has 138 valence electrons. The predicted octanol–water partition coefficient (Wildman–Crippen LogP) is 0.288. The molecule has 7 nitrogen and oxygen atoms in total. The monoisotopic (exact) mass is 367 g/mol. The van der Waals surface area contributed by atoms with Crippen molar-refractivity contribution in [3.8, 4) is 0 Å². The van der Waals surface area contributed by atoms with E-state index in [0.29, 0.717) is 43.9 Å². The van der Waals surface area contributed by atoms with Crippen molar-refractivity contribution in [3.63, 3.8) is 0 Å². The minimum absolute atomic E-state index is 0.0201. The molecule has 0 unspecified atom stereocenters. The van der Waals surface area contributed by atoms with Gasteiger partial charge in [0, 0.05) is 33.3 Å². The van der Waals surface area contributed by atoms with Crippen LogP contribution in [0, 0.1) is 0 Å². The van der Waals surface area contributed by atoms with Crippen molar-refractivity contribution < 1.29 is 17.9 Å². The summed E-state index contributed by atoms with van der Waals surface area (Å²) in [5.74, 6) is -0.0201. The number of nitrogens with zero attached hydrogens (tertiary/aromatic N) is 2. The number of hydrogen-bond acceptors (Lipinski definition) is 5.